The van der Waals surface area contributed by atoms with Gasteiger partial charge in [0, 0.05) is 13.6 Å². The van der Waals surface area contributed by atoms with E-state index in [2.05, 4.69) is 9.97 Å². The van der Waals surface area contributed by atoms with Gasteiger partial charge in [0.2, 0.25) is 5.95 Å². The molecule has 1 N–H and O–H groups in total. The Hall–Kier alpha value is -1.32. The van der Waals surface area contributed by atoms with E-state index in [0.29, 0.717) is 11.6 Å². The molecule has 0 aromatic carbocycles. The average molecular weight is 167 g/mol. The molecule has 0 spiro atoms. The maximum atomic E-state index is 9.15. The van der Waals surface area contributed by atoms with E-state index in [1.165, 1.54) is 6.20 Å². The van der Waals surface area contributed by atoms with Crippen molar-refractivity contribution in [3.8, 4) is 5.75 Å². The van der Waals surface area contributed by atoms with Crippen LogP contribution in [0.5, 0.6) is 5.75 Å². The van der Waals surface area contributed by atoms with Gasteiger partial charge in [0.1, 0.15) is 0 Å². The second-order valence-electron chi connectivity index (χ2n) is 2.65. The summed E-state index contributed by atoms with van der Waals surface area (Å²) in [7, 11) is 1.91. The van der Waals surface area contributed by atoms with Crippen molar-refractivity contribution in [3.05, 3.63) is 11.9 Å². The zero-order valence-electron chi connectivity index (χ0n) is 7.57. The van der Waals surface area contributed by atoms with Gasteiger partial charge in [-0.1, -0.05) is 0 Å². The Morgan fingerprint density at radius 2 is 2.25 bits per heavy atom. The zero-order valence-corrected chi connectivity index (χ0v) is 7.57. The van der Waals surface area contributed by atoms with Crippen molar-refractivity contribution in [2.45, 2.75) is 13.8 Å². The Bertz CT molecular complexity index is 275. The van der Waals surface area contributed by atoms with E-state index in [0.717, 1.165) is 6.54 Å². The highest BCUT2D eigenvalue weighted by Crippen LogP contribution is 2.14. The van der Waals surface area contributed by atoms with Crippen LogP contribution in [0, 0.1) is 6.92 Å². The monoisotopic (exact) mass is 167 g/mol. The summed E-state index contributed by atoms with van der Waals surface area (Å²) in [6, 6.07) is 0. The van der Waals surface area contributed by atoms with Crippen LogP contribution in [0.2, 0.25) is 0 Å². The van der Waals surface area contributed by atoms with Crippen molar-refractivity contribution in [3.63, 3.8) is 0 Å². The Morgan fingerprint density at radius 1 is 1.58 bits per heavy atom. The second kappa shape index (κ2) is 3.38. The van der Waals surface area contributed by atoms with Crippen molar-refractivity contribution in [2.24, 2.45) is 0 Å². The third-order valence-corrected chi connectivity index (χ3v) is 1.76. The van der Waals surface area contributed by atoms with Crippen molar-refractivity contribution in [1.29, 1.82) is 0 Å². The molecule has 4 nitrogen and oxygen atoms in total. The molecule has 12 heavy (non-hydrogen) atoms. The highest BCUT2D eigenvalue weighted by atomic mass is 16.3. The molecule has 0 bridgehead atoms. The lowest BCUT2D eigenvalue weighted by Gasteiger charge is -2.14. The highest BCUT2D eigenvalue weighted by Gasteiger charge is 2.03. The molecule has 66 valence electrons. The molecule has 0 saturated heterocycles. The quantitative estimate of drug-likeness (QED) is 0.712. The van der Waals surface area contributed by atoms with Crippen LogP contribution in [0.15, 0.2) is 6.20 Å². The Kier molecular flexibility index (Phi) is 2.47. The van der Waals surface area contributed by atoms with E-state index >= 15 is 0 Å². The van der Waals surface area contributed by atoms with E-state index < -0.39 is 0 Å². The van der Waals surface area contributed by atoms with Crippen molar-refractivity contribution >= 4 is 5.95 Å². The molecular formula is C8H13N3O. The minimum atomic E-state index is 0.142. The Labute approximate surface area is 71.9 Å². The van der Waals surface area contributed by atoms with E-state index in [4.69, 9.17) is 5.11 Å². The summed E-state index contributed by atoms with van der Waals surface area (Å²) in [5.41, 5.74) is 0.611. The summed E-state index contributed by atoms with van der Waals surface area (Å²) in [6.45, 7) is 4.62. The summed E-state index contributed by atoms with van der Waals surface area (Å²) < 4.78 is 0. The fourth-order valence-electron chi connectivity index (χ4n) is 0.774. The minimum Gasteiger partial charge on any atom is -0.504 e. The number of anilines is 1. The van der Waals surface area contributed by atoms with Gasteiger partial charge in [-0.15, -0.1) is 0 Å². The van der Waals surface area contributed by atoms with Gasteiger partial charge in [-0.2, -0.15) is 0 Å². The van der Waals surface area contributed by atoms with Crippen molar-refractivity contribution < 1.29 is 5.11 Å². The van der Waals surface area contributed by atoms with Crippen LogP contribution in [0.3, 0.4) is 0 Å². The standard InChI is InChI=1S/C8H13N3O/c1-4-11(3)8-9-5-7(12)6(2)10-8/h5,12H,4H2,1-3H3. The van der Waals surface area contributed by atoms with Gasteiger partial charge in [-0.05, 0) is 13.8 Å². The van der Waals surface area contributed by atoms with Gasteiger partial charge in [0.15, 0.2) is 5.75 Å². The van der Waals surface area contributed by atoms with Gasteiger partial charge in [-0.25, -0.2) is 9.97 Å². The molecule has 0 aliphatic carbocycles. The fraction of sp³-hybridized carbons (Fsp3) is 0.500. The molecule has 0 unspecified atom stereocenters. The fourth-order valence-corrected chi connectivity index (χ4v) is 0.774. The first-order chi connectivity index (χ1) is 5.65. The molecule has 0 radical (unpaired) electrons. The van der Waals surface area contributed by atoms with Crippen LogP contribution >= 0.6 is 0 Å². The maximum absolute atomic E-state index is 9.15. The number of hydrogen-bond acceptors (Lipinski definition) is 4. The lowest BCUT2D eigenvalue weighted by atomic mass is 10.4. The van der Waals surface area contributed by atoms with Crippen LogP contribution < -0.4 is 4.90 Å². The highest BCUT2D eigenvalue weighted by molar-refractivity contribution is 5.33. The summed E-state index contributed by atoms with van der Waals surface area (Å²) in [5, 5.41) is 9.15. The number of rotatable bonds is 2. The largest absolute Gasteiger partial charge is 0.504 e. The molecule has 0 saturated carbocycles. The number of aryl methyl sites for hydroxylation is 1. The molecule has 1 heterocycles. The molecule has 1 rings (SSSR count). The SMILES string of the molecule is CCN(C)c1ncc(O)c(C)n1. The van der Waals surface area contributed by atoms with Crippen molar-refractivity contribution in [1.82, 2.24) is 9.97 Å². The molecule has 0 atom stereocenters. The first-order valence-corrected chi connectivity index (χ1v) is 3.89. The lowest BCUT2D eigenvalue weighted by Crippen LogP contribution is -2.18. The topological polar surface area (TPSA) is 49.2 Å². The molecular weight excluding hydrogens is 154 g/mol. The van der Waals surface area contributed by atoms with Crippen LogP contribution in [-0.2, 0) is 0 Å². The minimum absolute atomic E-state index is 0.142. The third-order valence-electron chi connectivity index (χ3n) is 1.76. The molecule has 0 aliphatic heterocycles. The number of aromatic hydroxyl groups is 1. The predicted octanol–water partition coefficient (Wildman–Crippen LogP) is 0.947. The molecule has 1 aromatic rings. The predicted molar refractivity (Wildman–Crippen MR) is 47.4 cm³/mol. The van der Waals surface area contributed by atoms with Gasteiger partial charge in [0.25, 0.3) is 0 Å². The van der Waals surface area contributed by atoms with E-state index in [-0.39, 0.29) is 5.75 Å². The number of hydrogen-bond donors (Lipinski definition) is 1. The van der Waals surface area contributed by atoms with Gasteiger partial charge in [0.05, 0.1) is 11.9 Å². The Balaban J connectivity index is 2.96. The van der Waals surface area contributed by atoms with Crippen LogP contribution in [0.1, 0.15) is 12.6 Å². The van der Waals surface area contributed by atoms with Gasteiger partial charge < -0.3 is 10.0 Å². The Morgan fingerprint density at radius 3 is 2.75 bits per heavy atom. The van der Waals surface area contributed by atoms with E-state index in [9.17, 15) is 0 Å². The maximum Gasteiger partial charge on any atom is 0.225 e. The summed E-state index contributed by atoms with van der Waals surface area (Å²) in [5.74, 6) is 0.788. The molecule has 0 aliphatic rings. The zero-order chi connectivity index (χ0) is 9.14. The van der Waals surface area contributed by atoms with E-state index in [1.54, 1.807) is 6.92 Å². The molecule has 1 aromatic heterocycles. The summed E-state index contributed by atoms with van der Waals surface area (Å²) in [6.07, 6.45) is 1.42. The second-order valence-corrected chi connectivity index (χ2v) is 2.65. The van der Waals surface area contributed by atoms with Crippen LogP contribution in [0.25, 0.3) is 0 Å². The van der Waals surface area contributed by atoms with Crippen LogP contribution in [-0.4, -0.2) is 28.7 Å². The lowest BCUT2D eigenvalue weighted by molar-refractivity contribution is 0.464. The first-order valence-electron chi connectivity index (χ1n) is 3.89. The smallest absolute Gasteiger partial charge is 0.225 e. The summed E-state index contributed by atoms with van der Waals surface area (Å²) in [4.78, 5) is 9.99. The van der Waals surface area contributed by atoms with Crippen molar-refractivity contribution in [2.75, 3.05) is 18.5 Å². The van der Waals surface area contributed by atoms with Crippen LogP contribution in [0.4, 0.5) is 5.95 Å². The normalized spacial score (nSPS) is 9.92. The molecule has 0 fully saturated rings. The van der Waals surface area contributed by atoms with Gasteiger partial charge >= 0.3 is 0 Å². The third kappa shape index (κ3) is 1.64. The first kappa shape index (κ1) is 8.77. The number of nitrogens with zero attached hydrogens (tertiary/aromatic N) is 3. The average Bonchev–Trinajstić information content (AvgIpc) is 2.08. The number of aromatic nitrogens is 2. The summed E-state index contributed by atoms with van der Waals surface area (Å²) >= 11 is 0. The van der Waals surface area contributed by atoms with Gasteiger partial charge in [-0.3, -0.25) is 0 Å². The molecule has 4 heteroatoms. The van der Waals surface area contributed by atoms with E-state index in [1.807, 2.05) is 18.9 Å². The molecule has 0 amide bonds.